The fraction of sp³-hybridized carbons (Fsp3) is 0.222. The van der Waals surface area contributed by atoms with Crippen molar-refractivity contribution >= 4 is 47.7 Å². The van der Waals surface area contributed by atoms with Crippen molar-refractivity contribution in [3.63, 3.8) is 0 Å². The van der Waals surface area contributed by atoms with E-state index in [2.05, 4.69) is 36.6 Å². The molecule has 0 amide bonds. The van der Waals surface area contributed by atoms with Crippen molar-refractivity contribution in [2.24, 2.45) is 0 Å². The zero-order valence-corrected chi connectivity index (χ0v) is 12.2. The van der Waals surface area contributed by atoms with E-state index in [1.54, 1.807) is 18.2 Å². The lowest BCUT2D eigenvalue weighted by molar-refractivity contribution is -0.138. The molecule has 0 saturated heterocycles. The van der Waals surface area contributed by atoms with Gasteiger partial charge in [-0.1, -0.05) is 18.2 Å². The highest BCUT2D eigenvalue weighted by Crippen LogP contribution is 2.38. The highest BCUT2D eigenvalue weighted by atomic mass is 79.9. The molecule has 0 heterocycles. The minimum Gasteiger partial charge on any atom is -0.467 e. The number of esters is 1. The van der Waals surface area contributed by atoms with Gasteiger partial charge in [-0.3, -0.25) is 0 Å². The number of methoxy groups -OCH3 is 1. The monoisotopic (exact) mass is 370 g/mol. The van der Waals surface area contributed by atoms with Gasteiger partial charge in [0.2, 0.25) is 9.84 Å². The number of carbonyl (C=O) groups excluding carboxylic acids is 1. The SMILES string of the molecule is COC(=O)C(Br)(Br)S(=O)(=O)c1ccccc1. The van der Waals surface area contributed by atoms with Crippen LogP contribution in [-0.4, -0.2) is 24.1 Å². The Labute approximate surface area is 110 Å². The van der Waals surface area contributed by atoms with E-state index in [0.717, 1.165) is 7.11 Å². The summed E-state index contributed by atoms with van der Waals surface area (Å²) >= 11 is 5.64. The molecule has 7 heteroatoms. The summed E-state index contributed by atoms with van der Waals surface area (Å²) in [6, 6.07) is 7.62. The lowest BCUT2D eigenvalue weighted by Crippen LogP contribution is -2.35. The molecule has 0 aliphatic rings. The van der Waals surface area contributed by atoms with Crippen LogP contribution in [0.3, 0.4) is 0 Å². The van der Waals surface area contributed by atoms with E-state index in [1.165, 1.54) is 12.1 Å². The van der Waals surface area contributed by atoms with Gasteiger partial charge < -0.3 is 4.74 Å². The first kappa shape index (κ1) is 13.7. The summed E-state index contributed by atoms with van der Waals surface area (Å²) in [5.74, 6) is -0.934. The Balaban J connectivity index is 3.28. The average Bonchev–Trinajstić information content (AvgIpc) is 2.28. The van der Waals surface area contributed by atoms with Gasteiger partial charge in [-0.25, -0.2) is 13.2 Å². The standard InChI is InChI=1S/C9H8Br2O4S/c1-15-8(12)9(10,11)16(13,14)7-5-3-2-4-6-7/h2-6H,1H3. The quantitative estimate of drug-likeness (QED) is 0.602. The van der Waals surface area contributed by atoms with Gasteiger partial charge in [0.15, 0.2) is 0 Å². The maximum atomic E-state index is 12.1. The molecule has 1 aromatic carbocycles. The van der Waals surface area contributed by atoms with Crippen LogP contribution in [0, 0.1) is 0 Å². The minimum absolute atomic E-state index is 0.0224. The highest BCUT2D eigenvalue weighted by molar-refractivity contribution is 9.28. The third-order valence-electron chi connectivity index (χ3n) is 1.81. The van der Waals surface area contributed by atoms with Crippen molar-refractivity contribution in [1.29, 1.82) is 0 Å². The van der Waals surface area contributed by atoms with Gasteiger partial charge in [0.25, 0.3) is 2.57 Å². The summed E-state index contributed by atoms with van der Waals surface area (Å²) in [5, 5.41) is 0. The van der Waals surface area contributed by atoms with Gasteiger partial charge >= 0.3 is 5.97 Å². The van der Waals surface area contributed by atoms with E-state index >= 15 is 0 Å². The molecule has 16 heavy (non-hydrogen) atoms. The number of carbonyl (C=O) groups is 1. The molecule has 1 rings (SSSR count). The van der Waals surface area contributed by atoms with Crippen molar-refractivity contribution in [1.82, 2.24) is 0 Å². The normalized spacial score (nSPS) is 12.2. The molecule has 4 nitrogen and oxygen atoms in total. The van der Waals surface area contributed by atoms with Crippen LogP contribution in [0.2, 0.25) is 0 Å². The van der Waals surface area contributed by atoms with Crippen LogP contribution in [-0.2, 0) is 19.4 Å². The van der Waals surface area contributed by atoms with Crippen LogP contribution in [0.25, 0.3) is 0 Å². The Morgan fingerprint density at radius 1 is 1.25 bits per heavy atom. The molecule has 0 aromatic heterocycles. The molecule has 0 bridgehead atoms. The molecular formula is C9H8Br2O4S. The molecular weight excluding hydrogens is 364 g/mol. The van der Waals surface area contributed by atoms with Crippen LogP contribution in [0.1, 0.15) is 0 Å². The predicted molar refractivity (Wildman–Crippen MR) is 66.2 cm³/mol. The summed E-state index contributed by atoms with van der Waals surface area (Å²) in [6.45, 7) is 0. The summed E-state index contributed by atoms with van der Waals surface area (Å²) in [6.07, 6.45) is 0. The lowest BCUT2D eigenvalue weighted by Gasteiger charge is -2.17. The minimum atomic E-state index is -3.89. The number of rotatable bonds is 3. The largest absolute Gasteiger partial charge is 0.467 e. The fourth-order valence-electron chi connectivity index (χ4n) is 0.976. The second-order valence-corrected chi connectivity index (χ2v) is 9.41. The smallest absolute Gasteiger partial charge is 0.349 e. The Hall–Kier alpha value is -0.400. The number of sulfone groups is 1. The Bertz CT molecular complexity index is 481. The Kier molecular flexibility index (Phi) is 4.14. The van der Waals surface area contributed by atoms with Crippen LogP contribution in [0.15, 0.2) is 35.2 Å². The van der Waals surface area contributed by atoms with Gasteiger partial charge in [-0.15, -0.1) is 0 Å². The molecule has 1 aromatic rings. The van der Waals surface area contributed by atoms with Gasteiger partial charge in [0.05, 0.1) is 12.0 Å². The molecule has 0 aliphatic carbocycles. The highest BCUT2D eigenvalue weighted by Gasteiger charge is 2.48. The molecule has 0 spiro atoms. The first-order chi connectivity index (χ1) is 7.34. The van der Waals surface area contributed by atoms with Crippen LogP contribution < -0.4 is 0 Å². The summed E-state index contributed by atoms with van der Waals surface area (Å²) in [5.41, 5.74) is 0. The van der Waals surface area contributed by atoms with E-state index in [-0.39, 0.29) is 4.90 Å². The topological polar surface area (TPSA) is 60.4 Å². The summed E-state index contributed by atoms with van der Waals surface area (Å²) < 4.78 is 26.6. The molecule has 0 saturated carbocycles. The van der Waals surface area contributed by atoms with E-state index in [9.17, 15) is 13.2 Å². The van der Waals surface area contributed by atoms with Crippen molar-refractivity contribution in [2.45, 2.75) is 7.46 Å². The summed E-state index contributed by atoms with van der Waals surface area (Å²) in [4.78, 5) is 11.4. The number of hydrogen-bond acceptors (Lipinski definition) is 4. The molecule has 0 N–H and O–H groups in total. The Morgan fingerprint density at radius 2 is 1.75 bits per heavy atom. The second-order valence-electron chi connectivity index (χ2n) is 2.82. The van der Waals surface area contributed by atoms with Crippen molar-refractivity contribution in [2.75, 3.05) is 7.11 Å². The van der Waals surface area contributed by atoms with E-state index in [0.29, 0.717) is 0 Å². The maximum Gasteiger partial charge on any atom is 0.349 e. The summed E-state index contributed by atoms with van der Waals surface area (Å²) in [7, 11) is -2.78. The first-order valence-corrected chi connectivity index (χ1v) is 7.17. The molecule has 0 aliphatic heterocycles. The number of alkyl halides is 2. The Morgan fingerprint density at radius 3 is 2.19 bits per heavy atom. The zero-order valence-electron chi connectivity index (χ0n) is 8.18. The predicted octanol–water partition coefficient (Wildman–Crippen LogP) is 2.08. The van der Waals surface area contributed by atoms with E-state index in [4.69, 9.17) is 0 Å². The van der Waals surface area contributed by atoms with Crippen molar-refractivity contribution in [3.05, 3.63) is 30.3 Å². The maximum absolute atomic E-state index is 12.1. The number of hydrogen-bond donors (Lipinski definition) is 0. The molecule has 0 atom stereocenters. The zero-order chi connectivity index (χ0) is 12.4. The van der Waals surface area contributed by atoms with Gasteiger partial charge in [0, 0.05) is 0 Å². The number of halogens is 2. The van der Waals surface area contributed by atoms with Crippen LogP contribution in [0.5, 0.6) is 0 Å². The number of ether oxygens (including phenoxy) is 1. The molecule has 0 unspecified atom stereocenters. The van der Waals surface area contributed by atoms with Crippen LogP contribution >= 0.6 is 31.9 Å². The van der Waals surface area contributed by atoms with Gasteiger partial charge in [-0.2, -0.15) is 0 Å². The van der Waals surface area contributed by atoms with Crippen molar-refractivity contribution in [3.8, 4) is 0 Å². The van der Waals surface area contributed by atoms with E-state index in [1.807, 2.05) is 0 Å². The van der Waals surface area contributed by atoms with E-state index < -0.39 is 18.4 Å². The molecule has 0 fully saturated rings. The average molecular weight is 372 g/mol. The first-order valence-electron chi connectivity index (χ1n) is 4.10. The van der Waals surface area contributed by atoms with Gasteiger partial charge in [-0.05, 0) is 44.0 Å². The van der Waals surface area contributed by atoms with Gasteiger partial charge in [0.1, 0.15) is 0 Å². The molecule has 0 radical (unpaired) electrons. The van der Waals surface area contributed by atoms with Crippen LogP contribution in [0.4, 0.5) is 0 Å². The third kappa shape index (κ3) is 2.31. The van der Waals surface area contributed by atoms with Crippen molar-refractivity contribution < 1.29 is 17.9 Å². The lowest BCUT2D eigenvalue weighted by atomic mass is 10.4. The molecule has 88 valence electrons. The fourth-order valence-corrected chi connectivity index (χ4v) is 3.54. The number of benzene rings is 1. The second kappa shape index (κ2) is 4.85. The third-order valence-corrected chi connectivity index (χ3v) is 6.75.